The summed E-state index contributed by atoms with van der Waals surface area (Å²) in [5, 5.41) is 13.9. The standard InChI is InChI=1S/C26H29N5O3S/c1-3-18-8-10-19(11-9-18)15-27-22(32)20-5-4-14-31(16-20)26(34)25-30-29-24(35-25)23(33)28-21-12-6-17(2)7-13-21/h6-13,20H,3-5,14-16H2,1-2H3,(H,27,32)(H,28,33)/t20-/m1/s1. The summed E-state index contributed by atoms with van der Waals surface area (Å²) in [7, 11) is 0. The molecule has 2 aromatic carbocycles. The first-order valence-electron chi connectivity index (χ1n) is 11.8. The molecule has 3 amide bonds. The van der Waals surface area contributed by atoms with Crippen molar-refractivity contribution < 1.29 is 14.4 Å². The molecule has 0 spiro atoms. The highest BCUT2D eigenvalue weighted by molar-refractivity contribution is 7.15. The third-order valence-corrected chi connectivity index (χ3v) is 7.00. The van der Waals surface area contributed by atoms with E-state index in [4.69, 9.17) is 0 Å². The fraction of sp³-hybridized carbons (Fsp3) is 0.346. The number of aromatic nitrogens is 2. The van der Waals surface area contributed by atoms with E-state index in [1.54, 1.807) is 17.0 Å². The van der Waals surface area contributed by atoms with Gasteiger partial charge >= 0.3 is 0 Å². The van der Waals surface area contributed by atoms with Crippen molar-refractivity contribution in [3.05, 3.63) is 75.2 Å². The van der Waals surface area contributed by atoms with Gasteiger partial charge in [-0.15, -0.1) is 10.2 Å². The van der Waals surface area contributed by atoms with Crippen molar-refractivity contribution >= 4 is 34.7 Å². The number of nitrogens with zero attached hydrogens (tertiary/aromatic N) is 3. The third-order valence-electron chi connectivity index (χ3n) is 6.09. The van der Waals surface area contributed by atoms with E-state index in [-0.39, 0.29) is 27.7 Å². The fourth-order valence-corrected chi connectivity index (χ4v) is 4.67. The molecule has 1 saturated heterocycles. The number of benzene rings is 2. The van der Waals surface area contributed by atoms with E-state index in [1.165, 1.54) is 5.56 Å². The lowest BCUT2D eigenvalue weighted by molar-refractivity contribution is -0.126. The number of amides is 3. The van der Waals surface area contributed by atoms with Crippen molar-refractivity contribution in [2.75, 3.05) is 18.4 Å². The zero-order valence-electron chi connectivity index (χ0n) is 19.9. The lowest BCUT2D eigenvalue weighted by Crippen LogP contribution is -2.45. The van der Waals surface area contributed by atoms with Crippen LogP contribution in [0.3, 0.4) is 0 Å². The molecule has 1 aromatic heterocycles. The molecule has 0 aliphatic carbocycles. The molecule has 8 nitrogen and oxygen atoms in total. The van der Waals surface area contributed by atoms with E-state index >= 15 is 0 Å². The number of anilines is 1. The van der Waals surface area contributed by atoms with Crippen molar-refractivity contribution in [2.45, 2.75) is 39.7 Å². The van der Waals surface area contributed by atoms with Gasteiger partial charge in [0.05, 0.1) is 5.92 Å². The van der Waals surface area contributed by atoms with Crippen molar-refractivity contribution in [3.63, 3.8) is 0 Å². The summed E-state index contributed by atoms with van der Waals surface area (Å²) in [4.78, 5) is 39.9. The molecule has 35 heavy (non-hydrogen) atoms. The van der Waals surface area contributed by atoms with Crippen LogP contribution in [0.4, 0.5) is 5.69 Å². The molecule has 0 bridgehead atoms. The summed E-state index contributed by atoms with van der Waals surface area (Å²) >= 11 is 0.959. The Bertz CT molecular complexity index is 1190. The predicted octanol–water partition coefficient (Wildman–Crippen LogP) is 3.83. The Hall–Kier alpha value is -3.59. The Morgan fingerprint density at radius 1 is 1.00 bits per heavy atom. The average molecular weight is 492 g/mol. The van der Waals surface area contributed by atoms with Gasteiger partial charge in [-0.05, 0) is 49.4 Å². The maximum Gasteiger partial charge on any atom is 0.286 e. The zero-order valence-corrected chi connectivity index (χ0v) is 20.7. The summed E-state index contributed by atoms with van der Waals surface area (Å²) in [6.07, 6.45) is 2.44. The largest absolute Gasteiger partial charge is 0.352 e. The van der Waals surface area contributed by atoms with Crippen LogP contribution in [0.15, 0.2) is 48.5 Å². The molecule has 1 atom stereocenters. The summed E-state index contributed by atoms with van der Waals surface area (Å²) < 4.78 is 0. The molecule has 1 aliphatic rings. The molecule has 2 heterocycles. The second-order valence-electron chi connectivity index (χ2n) is 8.71. The Labute approximate surface area is 208 Å². The first kappa shape index (κ1) is 24.5. The van der Waals surface area contributed by atoms with Crippen LogP contribution < -0.4 is 10.6 Å². The molecule has 3 aromatic rings. The van der Waals surface area contributed by atoms with Crippen molar-refractivity contribution in [1.29, 1.82) is 0 Å². The predicted molar refractivity (Wildman–Crippen MR) is 135 cm³/mol. The number of nitrogens with one attached hydrogen (secondary N) is 2. The van der Waals surface area contributed by atoms with Crippen LogP contribution in [-0.4, -0.2) is 45.9 Å². The number of piperidine rings is 1. The van der Waals surface area contributed by atoms with Crippen molar-refractivity contribution in [3.8, 4) is 0 Å². The summed E-state index contributed by atoms with van der Waals surface area (Å²) in [5.74, 6) is -1.05. The molecule has 2 N–H and O–H groups in total. The Kier molecular flexibility index (Phi) is 7.87. The van der Waals surface area contributed by atoms with Gasteiger partial charge in [0.2, 0.25) is 15.9 Å². The van der Waals surface area contributed by atoms with Gasteiger partial charge < -0.3 is 15.5 Å². The van der Waals surface area contributed by atoms with Gasteiger partial charge in [0.1, 0.15) is 0 Å². The molecule has 0 radical (unpaired) electrons. The van der Waals surface area contributed by atoms with E-state index in [0.717, 1.165) is 41.7 Å². The monoisotopic (exact) mass is 491 g/mol. The summed E-state index contributed by atoms with van der Waals surface area (Å²) in [6.45, 7) is 5.41. The SMILES string of the molecule is CCc1ccc(CNC(=O)[C@@H]2CCCN(C(=O)c3nnc(C(=O)Nc4ccc(C)cc4)s3)C2)cc1. The number of carbonyl (C=O) groups is 3. The van der Waals surface area contributed by atoms with Crippen LogP contribution in [0.5, 0.6) is 0 Å². The molecular weight excluding hydrogens is 462 g/mol. The summed E-state index contributed by atoms with van der Waals surface area (Å²) in [5.41, 5.74) is 4.04. The molecule has 1 aliphatic heterocycles. The number of hydrogen-bond donors (Lipinski definition) is 2. The minimum atomic E-state index is -0.409. The normalized spacial score (nSPS) is 15.5. The van der Waals surface area contributed by atoms with Crippen LogP contribution >= 0.6 is 11.3 Å². The first-order valence-corrected chi connectivity index (χ1v) is 12.6. The number of rotatable bonds is 7. The Morgan fingerprint density at radius 3 is 2.40 bits per heavy atom. The molecule has 0 unspecified atom stereocenters. The van der Waals surface area contributed by atoms with Crippen LogP contribution in [0.2, 0.25) is 0 Å². The molecular formula is C26H29N5O3S. The van der Waals surface area contributed by atoms with Gasteiger partial charge in [0, 0.05) is 25.3 Å². The smallest absolute Gasteiger partial charge is 0.286 e. The highest BCUT2D eigenvalue weighted by Crippen LogP contribution is 2.21. The van der Waals surface area contributed by atoms with Crippen LogP contribution in [-0.2, 0) is 17.8 Å². The molecule has 9 heteroatoms. The van der Waals surface area contributed by atoms with Gasteiger partial charge in [0.15, 0.2) is 0 Å². The Balaban J connectivity index is 1.32. The van der Waals surface area contributed by atoms with Gasteiger partial charge in [0.25, 0.3) is 11.8 Å². The van der Waals surface area contributed by atoms with Gasteiger partial charge in [-0.1, -0.05) is 60.2 Å². The average Bonchev–Trinajstić information content (AvgIpc) is 3.39. The molecule has 0 saturated carbocycles. The van der Waals surface area contributed by atoms with Crippen LogP contribution in [0.1, 0.15) is 56.1 Å². The maximum atomic E-state index is 13.0. The fourth-order valence-electron chi connectivity index (χ4n) is 3.96. The van der Waals surface area contributed by atoms with E-state index in [1.807, 2.05) is 31.2 Å². The first-order chi connectivity index (χ1) is 16.9. The highest BCUT2D eigenvalue weighted by atomic mass is 32.1. The number of aryl methyl sites for hydroxylation is 2. The topological polar surface area (TPSA) is 104 Å². The van der Waals surface area contributed by atoms with Crippen molar-refractivity contribution in [2.24, 2.45) is 5.92 Å². The zero-order chi connectivity index (χ0) is 24.8. The number of carbonyl (C=O) groups excluding carboxylic acids is 3. The number of likely N-dealkylation sites (tertiary alicyclic amines) is 1. The third kappa shape index (κ3) is 6.30. The lowest BCUT2D eigenvalue weighted by Gasteiger charge is -2.31. The Morgan fingerprint density at radius 2 is 1.69 bits per heavy atom. The number of hydrogen-bond acceptors (Lipinski definition) is 6. The van der Waals surface area contributed by atoms with Gasteiger partial charge in [-0.3, -0.25) is 14.4 Å². The highest BCUT2D eigenvalue weighted by Gasteiger charge is 2.30. The van der Waals surface area contributed by atoms with E-state index in [9.17, 15) is 14.4 Å². The van der Waals surface area contributed by atoms with Gasteiger partial charge in [-0.25, -0.2) is 0 Å². The van der Waals surface area contributed by atoms with Crippen LogP contribution in [0.25, 0.3) is 0 Å². The van der Waals surface area contributed by atoms with E-state index in [0.29, 0.717) is 25.3 Å². The van der Waals surface area contributed by atoms with Crippen LogP contribution in [0, 0.1) is 12.8 Å². The van der Waals surface area contributed by atoms with E-state index in [2.05, 4.69) is 39.9 Å². The minimum Gasteiger partial charge on any atom is -0.352 e. The van der Waals surface area contributed by atoms with E-state index < -0.39 is 5.91 Å². The van der Waals surface area contributed by atoms with Gasteiger partial charge in [-0.2, -0.15) is 0 Å². The lowest BCUT2D eigenvalue weighted by atomic mass is 9.97. The molecule has 182 valence electrons. The molecule has 4 rings (SSSR count). The minimum absolute atomic E-state index is 0.0579. The quantitative estimate of drug-likeness (QED) is 0.523. The second-order valence-corrected chi connectivity index (χ2v) is 9.69. The van der Waals surface area contributed by atoms with Crippen molar-refractivity contribution in [1.82, 2.24) is 20.4 Å². The summed E-state index contributed by atoms with van der Waals surface area (Å²) in [6, 6.07) is 15.6. The second kappa shape index (κ2) is 11.2. The maximum absolute atomic E-state index is 13.0. The molecule has 1 fully saturated rings.